The predicted octanol–water partition coefficient (Wildman–Crippen LogP) is 0.0159. The lowest BCUT2D eigenvalue weighted by Crippen LogP contribution is -2.51. The van der Waals surface area contributed by atoms with Crippen molar-refractivity contribution in [1.29, 1.82) is 0 Å². The van der Waals surface area contributed by atoms with Crippen LogP contribution in [0.3, 0.4) is 0 Å². The topological polar surface area (TPSA) is 71.1 Å². The Morgan fingerprint density at radius 2 is 2.64 bits per heavy atom. The van der Waals surface area contributed by atoms with Gasteiger partial charge in [-0.15, -0.1) is 5.01 Å². The highest BCUT2D eigenvalue weighted by atomic mass is 35.5. The molecule has 11 heavy (non-hydrogen) atoms. The quantitative estimate of drug-likeness (QED) is 0.288. The second kappa shape index (κ2) is 3.59. The number of rotatable bonds is 3. The van der Waals surface area contributed by atoms with Crippen molar-refractivity contribution < 1.29 is 14.9 Å². The van der Waals surface area contributed by atoms with Crippen LogP contribution in [-0.4, -0.2) is 33.9 Å². The minimum atomic E-state index is -0.741. The van der Waals surface area contributed by atoms with Gasteiger partial charge >= 0.3 is 0 Å². The summed E-state index contributed by atoms with van der Waals surface area (Å²) in [6.07, 6.45) is -0.162. The van der Waals surface area contributed by atoms with Gasteiger partial charge in [-0.05, 0) is 0 Å². The summed E-state index contributed by atoms with van der Waals surface area (Å²) < 4.78 is 0. The smallest absolute Gasteiger partial charge is 0.234 e. The van der Waals surface area contributed by atoms with Gasteiger partial charge in [0, 0.05) is 6.42 Å². The molecule has 1 saturated heterocycles. The van der Waals surface area contributed by atoms with E-state index in [1.165, 1.54) is 0 Å². The van der Waals surface area contributed by atoms with Crippen LogP contribution in [0.5, 0.6) is 0 Å². The van der Waals surface area contributed by atoms with Crippen molar-refractivity contribution in [3.8, 4) is 0 Å². The van der Waals surface area contributed by atoms with Gasteiger partial charge in [0.2, 0.25) is 5.28 Å². The van der Waals surface area contributed by atoms with Gasteiger partial charge in [-0.1, -0.05) is 11.6 Å². The van der Waals surface area contributed by atoms with Crippen LogP contribution in [0.25, 0.3) is 0 Å². The van der Waals surface area contributed by atoms with Crippen LogP contribution in [0.15, 0.2) is 5.28 Å². The number of alkyl halides is 1. The minimum absolute atomic E-state index is 0.178. The molecule has 1 unspecified atom stereocenters. The van der Waals surface area contributed by atoms with E-state index in [-0.39, 0.29) is 11.0 Å². The number of aliphatic hydroxyl groups excluding tert-OH is 1. The maximum absolute atomic E-state index is 10.7. The molecule has 0 aromatic rings. The molecule has 0 spiro atoms. The minimum Gasteiger partial charge on any atom is -0.569 e. The molecule has 0 bridgehead atoms. The Balaban J connectivity index is 2.34. The highest BCUT2D eigenvalue weighted by molar-refractivity contribution is 6.17. The maximum atomic E-state index is 10.7. The summed E-state index contributed by atoms with van der Waals surface area (Å²) in [6.45, 7) is 0.486. The van der Waals surface area contributed by atoms with Gasteiger partial charge in [0.25, 0.3) is 0 Å². The van der Waals surface area contributed by atoms with Crippen LogP contribution < -0.4 is 0 Å². The zero-order chi connectivity index (χ0) is 8.27. The van der Waals surface area contributed by atoms with Crippen molar-refractivity contribution in [2.45, 2.75) is 12.6 Å². The number of hydrogen-bond acceptors (Lipinski definition) is 4. The summed E-state index contributed by atoms with van der Waals surface area (Å²) in [5.41, 5.74) is 0. The molecule has 1 rings (SSSR count). The molecule has 1 aliphatic heterocycles. The second-order valence-electron chi connectivity index (χ2n) is 2.00. The van der Waals surface area contributed by atoms with Gasteiger partial charge < -0.3 is 15.2 Å². The van der Waals surface area contributed by atoms with Crippen molar-refractivity contribution >= 4 is 11.6 Å². The average Bonchev–Trinajstić information content (AvgIpc) is 1.98. The lowest BCUT2D eigenvalue weighted by molar-refractivity contribution is -0.741. The van der Waals surface area contributed by atoms with Crippen molar-refractivity contribution in [1.82, 2.24) is 5.01 Å². The van der Waals surface area contributed by atoms with E-state index in [0.29, 0.717) is 13.0 Å². The van der Waals surface area contributed by atoms with Gasteiger partial charge in [-0.25, -0.2) is 0 Å². The van der Waals surface area contributed by atoms with E-state index in [0.717, 1.165) is 5.01 Å². The molecule has 1 fully saturated rings. The third-order valence-electron chi connectivity index (χ3n) is 1.36. The van der Waals surface area contributed by atoms with Crippen LogP contribution in [0.2, 0.25) is 0 Å². The molecule has 1 N–H and O–H groups in total. The molecule has 0 aliphatic carbocycles. The van der Waals surface area contributed by atoms with Gasteiger partial charge in [-0.2, -0.15) is 0 Å². The lowest BCUT2D eigenvalue weighted by Gasteiger charge is -2.30. The monoisotopic (exact) mass is 181 g/mol. The Hall–Kier alpha value is -0.750. The van der Waals surface area contributed by atoms with Crippen molar-refractivity contribution in [2.24, 2.45) is 5.28 Å². The molecular formula is C4H8ClN3O3. The second-order valence-corrected chi connectivity index (χ2v) is 2.22. The van der Waals surface area contributed by atoms with Crippen molar-refractivity contribution in [3.05, 3.63) is 5.21 Å². The van der Waals surface area contributed by atoms with Gasteiger partial charge in [0.15, 0.2) is 12.3 Å². The highest BCUT2D eigenvalue weighted by Gasteiger charge is 2.33. The highest BCUT2D eigenvalue weighted by Crippen LogP contribution is 2.13. The Labute approximate surface area is 68.1 Å². The van der Waals surface area contributed by atoms with Crippen LogP contribution in [0, 0.1) is 5.21 Å². The third-order valence-corrected chi connectivity index (χ3v) is 1.45. The first-order valence-electron chi connectivity index (χ1n) is 3.06. The fourth-order valence-electron chi connectivity index (χ4n) is 0.678. The number of hydrazine groups is 1. The molecule has 1 aliphatic rings. The van der Waals surface area contributed by atoms with E-state index in [1.54, 1.807) is 0 Å². The molecule has 0 radical (unpaired) electrons. The number of nitrogens with zero attached hydrogens (tertiary/aromatic N) is 3. The first-order chi connectivity index (χ1) is 5.25. The SMILES string of the molecule is [O-]/[N+](=N\OCCl)N1CCC1O. The number of aliphatic hydroxyl groups is 1. The standard InChI is InChI=1S/C4H8ClN3O3/c5-3-11-6-8(10)7-2-1-4(7)9/h4,9H,1-3H2/b8-6-. The Bertz CT molecular complexity index is 165. The number of halogens is 1. The normalized spacial score (nSPS) is 24.7. The number of hydrogen-bond donors (Lipinski definition) is 1. The fraction of sp³-hybridized carbons (Fsp3) is 1.00. The van der Waals surface area contributed by atoms with Crippen molar-refractivity contribution in [2.75, 3.05) is 12.6 Å². The van der Waals surface area contributed by atoms with E-state index in [1.807, 2.05) is 0 Å². The van der Waals surface area contributed by atoms with E-state index in [9.17, 15) is 5.21 Å². The summed E-state index contributed by atoms with van der Waals surface area (Å²) in [7, 11) is 0. The van der Waals surface area contributed by atoms with Gasteiger partial charge in [0.1, 0.15) is 0 Å². The molecule has 0 aromatic carbocycles. The summed E-state index contributed by atoms with van der Waals surface area (Å²) >= 11 is 5.09. The average molecular weight is 182 g/mol. The third kappa shape index (κ3) is 1.84. The zero-order valence-electron chi connectivity index (χ0n) is 5.68. The summed E-state index contributed by atoms with van der Waals surface area (Å²) in [5, 5.41) is 23.8. The first-order valence-corrected chi connectivity index (χ1v) is 3.60. The van der Waals surface area contributed by atoms with Crippen LogP contribution in [0.1, 0.15) is 6.42 Å². The van der Waals surface area contributed by atoms with E-state index >= 15 is 0 Å². The fourth-order valence-corrected chi connectivity index (χ4v) is 0.721. The molecule has 7 heteroatoms. The molecule has 1 heterocycles. The molecule has 64 valence electrons. The first kappa shape index (κ1) is 8.35. The van der Waals surface area contributed by atoms with Gasteiger partial charge in [-0.3, -0.25) is 0 Å². The predicted molar refractivity (Wildman–Crippen MR) is 35.2 cm³/mol. The molecule has 6 nitrogen and oxygen atoms in total. The molecule has 0 amide bonds. The summed E-state index contributed by atoms with van der Waals surface area (Å²) in [4.78, 5) is 4.44. The Kier molecular flexibility index (Phi) is 2.72. The largest absolute Gasteiger partial charge is 0.569 e. The Morgan fingerprint density at radius 3 is 3.00 bits per heavy atom. The van der Waals surface area contributed by atoms with Crippen LogP contribution in [0.4, 0.5) is 0 Å². The molecule has 0 saturated carbocycles. The maximum Gasteiger partial charge on any atom is 0.234 e. The van der Waals surface area contributed by atoms with E-state index in [2.05, 4.69) is 10.1 Å². The zero-order valence-corrected chi connectivity index (χ0v) is 6.44. The van der Waals surface area contributed by atoms with Crippen LogP contribution in [-0.2, 0) is 4.84 Å². The van der Waals surface area contributed by atoms with Crippen LogP contribution >= 0.6 is 11.6 Å². The molecular weight excluding hydrogens is 174 g/mol. The van der Waals surface area contributed by atoms with Crippen molar-refractivity contribution in [3.63, 3.8) is 0 Å². The summed E-state index contributed by atoms with van der Waals surface area (Å²) in [6, 6.07) is -0.178. The molecule has 1 atom stereocenters. The van der Waals surface area contributed by atoms with E-state index in [4.69, 9.17) is 16.7 Å². The summed E-state index contributed by atoms with van der Waals surface area (Å²) in [5.74, 6) is 0. The van der Waals surface area contributed by atoms with Gasteiger partial charge in [0.05, 0.1) is 11.5 Å². The lowest BCUT2D eigenvalue weighted by atomic mass is 10.2. The molecule has 0 aromatic heterocycles. The Morgan fingerprint density at radius 1 is 1.91 bits per heavy atom. The van der Waals surface area contributed by atoms with E-state index < -0.39 is 6.23 Å².